The quantitative estimate of drug-likeness (QED) is 0.120. The van der Waals surface area contributed by atoms with Crippen LogP contribution in [0.15, 0.2) is 97.1 Å². The van der Waals surface area contributed by atoms with Crippen LogP contribution in [-0.4, -0.2) is 49.2 Å². The van der Waals surface area contributed by atoms with Crippen molar-refractivity contribution >= 4 is 0 Å². The first-order valence-corrected chi connectivity index (χ1v) is 13.8. The van der Waals surface area contributed by atoms with Gasteiger partial charge >= 0.3 is 0 Å². The first-order chi connectivity index (χ1) is 19.9. The van der Waals surface area contributed by atoms with Crippen LogP contribution in [0.3, 0.4) is 0 Å². The lowest BCUT2D eigenvalue weighted by molar-refractivity contribution is -0.102. The van der Waals surface area contributed by atoms with Gasteiger partial charge in [-0.25, -0.2) is 0 Å². The highest BCUT2D eigenvalue weighted by molar-refractivity contribution is 5.35. The summed E-state index contributed by atoms with van der Waals surface area (Å²) in [6.45, 7) is 5.38. The molecule has 2 N–H and O–H groups in total. The number of phenols is 2. The molecule has 2 atom stereocenters. The maximum Gasteiger partial charge on any atom is 0.197 e. The molecule has 4 rings (SSSR count). The van der Waals surface area contributed by atoms with E-state index in [1.54, 1.807) is 24.3 Å². The molecule has 4 aromatic rings. The van der Waals surface area contributed by atoms with E-state index in [0.29, 0.717) is 26.4 Å². The van der Waals surface area contributed by atoms with Crippen LogP contribution in [-0.2, 0) is 27.1 Å². The zero-order chi connectivity index (χ0) is 28.9. The molecule has 0 aromatic heterocycles. The fourth-order valence-electron chi connectivity index (χ4n) is 4.17. The van der Waals surface area contributed by atoms with E-state index in [1.807, 2.05) is 86.6 Å². The Morgan fingerprint density at radius 3 is 1.12 bits per heavy atom. The molecular weight excluding hydrogens is 520 g/mol. The Kier molecular flexibility index (Phi) is 11.4. The second kappa shape index (κ2) is 15.7. The predicted octanol–water partition coefficient (Wildman–Crippen LogP) is 6.48. The molecule has 0 bridgehead atoms. The highest BCUT2D eigenvalue weighted by Crippen LogP contribution is 2.20. The van der Waals surface area contributed by atoms with Crippen LogP contribution in [0.5, 0.6) is 23.0 Å². The third kappa shape index (κ3) is 10.8. The Balaban J connectivity index is 1.04. The van der Waals surface area contributed by atoms with Crippen LogP contribution in [0.25, 0.3) is 0 Å². The van der Waals surface area contributed by atoms with Crippen molar-refractivity contribution in [2.24, 2.45) is 0 Å². The monoisotopic (exact) mass is 558 g/mol. The average molecular weight is 559 g/mol. The maximum atomic E-state index is 9.42. The van der Waals surface area contributed by atoms with Crippen molar-refractivity contribution in [3.63, 3.8) is 0 Å². The van der Waals surface area contributed by atoms with Gasteiger partial charge in [0.15, 0.2) is 12.6 Å². The molecule has 0 aliphatic rings. The fraction of sp³-hybridized carbons (Fsp3) is 0.294. The lowest BCUT2D eigenvalue weighted by atomic mass is 10.0. The summed E-state index contributed by atoms with van der Waals surface area (Å²) < 4.78 is 28.7. The highest BCUT2D eigenvalue weighted by Gasteiger charge is 2.07. The summed E-state index contributed by atoms with van der Waals surface area (Å²) in [5.74, 6) is 2.02. The molecule has 0 heterocycles. The lowest BCUT2D eigenvalue weighted by Gasteiger charge is -2.17. The van der Waals surface area contributed by atoms with Gasteiger partial charge in [-0.3, -0.25) is 0 Å². The third-order valence-corrected chi connectivity index (χ3v) is 6.30. The fourth-order valence-corrected chi connectivity index (χ4v) is 4.17. The van der Waals surface area contributed by atoms with Gasteiger partial charge in [-0.1, -0.05) is 48.5 Å². The van der Waals surface area contributed by atoms with E-state index >= 15 is 0 Å². The SMILES string of the molecule is CC(OCCOCCOC(C)Oc1ccc(Cc2ccc(O)cc2)cc1)Oc1ccc(Cc2ccc(O)cc2)cc1. The van der Waals surface area contributed by atoms with Gasteiger partial charge in [0.05, 0.1) is 26.4 Å². The Morgan fingerprint density at radius 2 is 0.780 bits per heavy atom. The molecular formula is C34H38O7. The molecule has 7 nitrogen and oxygen atoms in total. The minimum atomic E-state index is -0.404. The number of hydrogen-bond donors (Lipinski definition) is 2. The number of hydrogen-bond acceptors (Lipinski definition) is 7. The third-order valence-electron chi connectivity index (χ3n) is 6.30. The van der Waals surface area contributed by atoms with Gasteiger partial charge in [-0.2, -0.15) is 0 Å². The molecule has 0 fully saturated rings. The average Bonchev–Trinajstić information content (AvgIpc) is 2.97. The van der Waals surface area contributed by atoms with Gasteiger partial charge in [0.25, 0.3) is 0 Å². The first-order valence-electron chi connectivity index (χ1n) is 13.8. The van der Waals surface area contributed by atoms with E-state index < -0.39 is 12.6 Å². The van der Waals surface area contributed by atoms with Crippen molar-refractivity contribution in [1.82, 2.24) is 0 Å². The summed E-state index contributed by atoms with van der Waals surface area (Å²) >= 11 is 0. The zero-order valence-electron chi connectivity index (χ0n) is 23.6. The normalized spacial score (nSPS) is 12.5. The van der Waals surface area contributed by atoms with Gasteiger partial charge in [0.2, 0.25) is 0 Å². The van der Waals surface area contributed by atoms with Crippen molar-refractivity contribution in [3.05, 3.63) is 119 Å². The smallest absolute Gasteiger partial charge is 0.197 e. The molecule has 0 aliphatic carbocycles. The Bertz CT molecular complexity index is 1180. The van der Waals surface area contributed by atoms with Crippen molar-refractivity contribution in [2.75, 3.05) is 26.4 Å². The van der Waals surface area contributed by atoms with Crippen LogP contribution in [0, 0.1) is 0 Å². The minimum absolute atomic E-state index is 0.270. The van der Waals surface area contributed by atoms with Gasteiger partial charge in [0.1, 0.15) is 23.0 Å². The molecule has 0 amide bonds. The molecule has 2 unspecified atom stereocenters. The van der Waals surface area contributed by atoms with Gasteiger partial charge < -0.3 is 33.9 Å². The summed E-state index contributed by atoms with van der Waals surface area (Å²) in [7, 11) is 0. The van der Waals surface area contributed by atoms with E-state index in [9.17, 15) is 10.2 Å². The molecule has 0 saturated carbocycles. The van der Waals surface area contributed by atoms with Gasteiger partial charge in [-0.05, 0) is 97.5 Å². The maximum absolute atomic E-state index is 9.42. The molecule has 0 spiro atoms. The van der Waals surface area contributed by atoms with Gasteiger partial charge in [0, 0.05) is 0 Å². The molecule has 41 heavy (non-hydrogen) atoms. The summed E-state index contributed by atoms with van der Waals surface area (Å²) in [4.78, 5) is 0. The number of rotatable bonds is 16. The van der Waals surface area contributed by atoms with Gasteiger partial charge in [-0.15, -0.1) is 0 Å². The van der Waals surface area contributed by atoms with Crippen LogP contribution < -0.4 is 9.47 Å². The molecule has 0 saturated heterocycles. The van der Waals surface area contributed by atoms with Crippen LogP contribution in [0.2, 0.25) is 0 Å². The summed E-state index contributed by atoms with van der Waals surface area (Å²) in [6, 6.07) is 30.3. The Hall–Kier alpha value is -4.04. The lowest BCUT2D eigenvalue weighted by Crippen LogP contribution is -2.21. The van der Waals surface area contributed by atoms with E-state index in [2.05, 4.69) is 0 Å². The van der Waals surface area contributed by atoms with E-state index in [1.165, 1.54) is 0 Å². The molecule has 216 valence electrons. The van der Waals surface area contributed by atoms with Crippen molar-refractivity contribution in [1.29, 1.82) is 0 Å². The van der Waals surface area contributed by atoms with Crippen molar-refractivity contribution in [3.8, 4) is 23.0 Å². The molecule has 4 aromatic carbocycles. The summed E-state index contributed by atoms with van der Waals surface area (Å²) in [5.41, 5.74) is 4.59. The predicted molar refractivity (Wildman–Crippen MR) is 158 cm³/mol. The summed E-state index contributed by atoms with van der Waals surface area (Å²) in [5, 5.41) is 18.8. The van der Waals surface area contributed by atoms with E-state index in [0.717, 1.165) is 46.6 Å². The Morgan fingerprint density at radius 1 is 0.463 bits per heavy atom. The van der Waals surface area contributed by atoms with Crippen LogP contribution in [0.1, 0.15) is 36.1 Å². The Labute approximate surface area is 241 Å². The number of aromatic hydroxyl groups is 2. The topological polar surface area (TPSA) is 86.6 Å². The second-order valence-corrected chi connectivity index (χ2v) is 9.70. The molecule has 0 aliphatic heterocycles. The standard InChI is InChI=1S/C34H38O7/c1-25(40-33-15-7-29(8-16-33)23-27-3-11-31(35)12-4-27)38-21-19-37-20-22-39-26(2)41-34-17-9-30(10-18-34)24-28-5-13-32(36)14-6-28/h3-18,25-26,35-36H,19-24H2,1-2H3. The van der Waals surface area contributed by atoms with E-state index in [4.69, 9.17) is 23.7 Å². The zero-order valence-corrected chi connectivity index (χ0v) is 23.6. The largest absolute Gasteiger partial charge is 0.508 e. The summed E-state index contributed by atoms with van der Waals surface area (Å²) in [6.07, 6.45) is 0.765. The number of ether oxygens (including phenoxy) is 5. The van der Waals surface area contributed by atoms with Crippen molar-refractivity contribution < 1.29 is 33.9 Å². The highest BCUT2D eigenvalue weighted by atomic mass is 16.7. The molecule has 0 radical (unpaired) electrons. The van der Waals surface area contributed by atoms with Crippen molar-refractivity contribution in [2.45, 2.75) is 39.3 Å². The number of phenolic OH excluding ortho intramolecular Hbond substituents is 2. The van der Waals surface area contributed by atoms with Crippen LogP contribution in [0.4, 0.5) is 0 Å². The number of benzene rings is 4. The van der Waals surface area contributed by atoms with E-state index in [-0.39, 0.29) is 11.5 Å². The first kappa shape index (κ1) is 29.9. The minimum Gasteiger partial charge on any atom is -0.508 e. The molecule has 7 heteroatoms. The second-order valence-electron chi connectivity index (χ2n) is 9.70. The van der Waals surface area contributed by atoms with Crippen LogP contribution >= 0.6 is 0 Å².